The number of hydrogen-bond donors (Lipinski definition) is 3. The van der Waals surface area contributed by atoms with Crippen molar-refractivity contribution >= 4 is 39.5 Å². The summed E-state index contributed by atoms with van der Waals surface area (Å²) in [5.41, 5.74) is 0. The van der Waals surface area contributed by atoms with E-state index in [0.29, 0.717) is 25.7 Å². The maximum atomic E-state index is 13.0. The second-order valence-electron chi connectivity index (χ2n) is 25.1. The summed E-state index contributed by atoms with van der Waals surface area (Å²) in [6.07, 6.45) is 52.1. The Morgan fingerprint density at radius 1 is 0.348 bits per heavy atom. The van der Waals surface area contributed by atoms with Crippen LogP contribution in [0.25, 0.3) is 0 Å². The summed E-state index contributed by atoms with van der Waals surface area (Å²) in [5.74, 6) is -1.44. The lowest BCUT2D eigenvalue weighted by atomic mass is 10.0. The van der Waals surface area contributed by atoms with Gasteiger partial charge in [-0.3, -0.25) is 37.3 Å². The first-order valence-corrected chi connectivity index (χ1v) is 38.9. The van der Waals surface area contributed by atoms with Crippen molar-refractivity contribution in [3.05, 3.63) is 24.3 Å². The van der Waals surface area contributed by atoms with Crippen LogP contribution in [0.5, 0.6) is 0 Å². The molecule has 0 aliphatic rings. The molecule has 0 aromatic carbocycles. The Hall–Kier alpha value is -2.46. The Morgan fingerprint density at radius 3 is 0.921 bits per heavy atom. The Balaban J connectivity index is 5.29. The summed E-state index contributed by atoms with van der Waals surface area (Å²) in [5, 5.41) is 10.6. The summed E-state index contributed by atoms with van der Waals surface area (Å²) in [6, 6.07) is 0. The summed E-state index contributed by atoms with van der Waals surface area (Å²) < 4.78 is 68.2. The van der Waals surface area contributed by atoms with Gasteiger partial charge in [-0.25, -0.2) is 9.13 Å². The Kier molecular flexibility index (Phi) is 61.2. The van der Waals surface area contributed by atoms with Crippen LogP contribution in [0.2, 0.25) is 0 Å². The molecule has 0 aromatic heterocycles. The molecule has 0 heterocycles. The van der Waals surface area contributed by atoms with Gasteiger partial charge in [-0.2, -0.15) is 0 Å². The van der Waals surface area contributed by atoms with Gasteiger partial charge in [-0.15, -0.1) is 0 Å². The molecule has 0 radical (unpaired) electrons. The van der Waals surface area contributed by atoms with E-state index in [2.05, 4.69) is 58.9 Å². The SMILES string of the molecule is CCCCCC/C=C\C=C/CCCCCCCC(=O)O[C@H](COC(=O)CCCCCCCCCCCCCC)COP(=O)(O)OC[C@@H](O)COP(=O)(O)OC[C@@H](COC(=O)CCCCCCCCCCCCC)OC(=O)CCCCCCCCCCC(C)C. The van der Waals surface area contributed by atoms with E-state index in [1.807, 2.05) is 0 Å². The first-order valence-electron chi connectivity index (χ1n) is 36.0. The van der Waals surface area contributed by atoms with Crippen molar-refractivity contribution in [2.24, 2.45) is 5.92 Å². The molecule has 89 heavy (non-hydrogen) atoms. The van der Waals surface area contributed by atoms with Crippen molar-refractivity contribution in [2.45, 2.75) is 355 Å². The molecule has 0 saturated carbocycles. The molecule has 0 aromatic rings. The molecular weight excluding hydrogens is 1170 g/mol. The molecule has 524 valence electrons. The van der Waals surface area contributed by atoms with Gasteiger partial charge in [0.1, 0.15) is 19.3 Å². The number of allylic oxidation sites excluding steroid dienone is 4. The zero-order chi connectivity index (χ0) is 65.6. The molecule has 0 aliphatic heterocycles. The van der Waals surface area contributed by atoms with E-state index in [-0.39, 0.29) is 25.7 Å². The lowest BCUT2D eigenvalue weighted by Crippen LogP contribution is -2.30. The summed E-state index contributed by atoms with van der Waals surface area (Å²) in [7, 11) is -9.91. The second-order valence-corrected chi connectivity index (χ2v) is 28.0. The predicted molar refractivity (Wildman–Crippen MR) is 358 cm³/mol. The number of carbonyl (C=O) groups is 4. The average Bonchev–Trinajstić information content (AvgIpc) is 3.57. The van der Waals surface area contributed by atoms with Gasteiger partial charge in [0.2, 0.25) is 0 Å². The molecule has 0 saturated heterocycles. The van der Waals surface area contributed by atoms with Crippen molar-refractivity contribution in [1.82, 2.24) is 0 Å². The minimum atomic E-state index is -4.96. The number of carbonyl (C=O) groups excluding carboxylic acids is 4. The quantitative estimate of drug-likeness (QED) is 0.0169. The van der Waals surface area contributed by atoms with Gasteiger partial charge in [0.05, 0.1) is 26.4 Å². The number of ether oxygens (including phenoxy) is 4. The van der Waals surface area contributed by atoms with E-state index >= 15 is 0 Å². The summed E-state index contributed by atoms with van der Waals surface area (Å²) >= 11 is 0. The summed E-state index contributed by atoms with van der Waals surface area (Å²) in [4.78, 5) is 72.5. The molecule has 0 rings (SSSR count). The zero-order valence-electron chi connectivity index (χ0n) is 57.0. The van der Waals surface area contributed by atoms with Gasteiger partial charge < -0.3 is 33.8 Å². The standard InChI is InChI=1S/C70H132O17P2/c1-6-9-12-15-18-21-24-26-27-28-31-34-40-45-50-55-69(74)86-65(59-81-68(73)54-49-44-39-33-30-25-22-19-16-13-10-7-2)61-84-88(76,77)82-57-64(71)58-83-89(78,79)85-62-66(87-70(75)56-51-46-41-36-35-37-42-47-52-63(4)5)60-80-67(72)53-48-43-38-32-29-23-20-17-14-11-8-3/h21,24,26-27,63-66,71H,6-20,22-23,25,28-62H2,1-5H3,(H,76,77)(H,78,79)/b24-21-,27-26-/t64-,65-,66-/m1/s1. The minimum Gasteiger partial charge on any atom is -0.462 e. The van der Waals surface area contributed by atoms with E-state index < -0.39 is 97.5 Å². The third kappa shape index (κ3) is 64.1. The van der Waals surface area contributed by atoms with Crippen molar-refractivity contribution in [3.8, 4) is 0 Å². The first-order chi connectivity index (χ1) is 43.0. The number of phosphoric ester groups is 2. The van der Waals surface area contributed by atoms with Crippen LogP contribution < -0.4 is 0 Å². The molecule has 0 aliphatic carbocycles. The number of phosphoric acid groups is 2. The molecule has 2 unspecified atom stereocenters. The van der Waals surface area contributed by atoms with Crippen molar-refractivity contribution in [1.29, 1.82) is 0 Å². The van der Waals surface area contributed by atoms with Crippen molar-refractivity contribution in [2.75, 3.05) is 39.6 Å². The zero-order valence-corrected chi connectivity index (χ0v) is 58.8. The minimum absolute atomic E-state index is 0.0853. The fraction of sp³-hybridized carbons (Fsp3) is 0.886. The average molecular weight is 1310 g/mol. The third-order valence-corrected chi connectivity index (χ3v) is 17.6. The summed E-state index contributed by atoms with van der Waals surface area (Å²) in [6.45, 7) is 7.13. The van der Waals surface area contributed by atoms with E-state index in [1.54, 1.807) is 0 Å². The predicted octanol–water partition coefficient (Wildman–Crippen LogP) is 19.7. The number of unbranched alkanes of at least 4 members (excludes halogenated alkanes) is 37. The highest BCUT2D eigenvalue weighted by atomic mass is 31.2. The van der Waals surface area contributed by atoms with Crippen LogP contribution in [0.4, 0.5) is 0 Å². The molecule has 17 nitrogen and oxygen atoms in total. The van der Waals surface area contributed by atoms with Gasteiger partial charge in [-0.1, -0.05) is 284 Å². The number of rotatable bonds is 68. The van der Waals surface area contributed by atoms with Gasteiger partial charge in [0, 0.05) is 25.7 Å². The maximum absolute atomic E-state index is 13.0. The van der Waals surface area contributed by atoms with E-state index in [4.69, 9.17) is 37.0 Å². The molecule has 0 bridgehead atoms. The van der Waals surface area contributed by atoms with Crippen molar-refractivity contribution in [3.63, 3.8) is 0 Å². The molecule has 5 atom stereocenters. The van der Waals surface area contributed by atoms with Crippen molar-refractivity contribution < 1.29 is 80.2 Å². The molecule has 19 heteroatoms. The molecule has 0 spiro atoms. The Morgan fingerprint density at radius 2 is 0.607 bits per heavy atom. The van der Waals surface area contributed by atoms with Crippen LogP contribution >= 0.6 is 15.6 Å². The van der Waals surface area contributed by atoms with Crippen LogP contribution in [0.1, 0.15) is 336 Å². The highest BCUT2D eigenvalue weighted by molar-refractivity contribution is 7.47. The van der Waals surface area contributed by atoms with E-state index in [0.717, 1.165) is 109 Å². The van der Waals surface area contributed by atoms with Gasteiger partial charge in [0.25, 0.3) is 0 Å². The number of aliphatic hydroxyl groups is 1. The van der Waals surface area contributed by atoms with Crippen LogP contribution in [-0.4, -0.2) is 96.7 Å². The van der Waals surface area contributed by atoms with Crippen LogP contribution in [0.15, 0.2) is 24.3 Å². The second kappa shape index (κ2) is 63.0. The fourth-order valence-electron chi connectivity index (χ4n) is 10.1. The highest BCUT2D eigenvalue weighted by Gasteiger charge is 2.30. The number of esters is 4. The first kappa shape index (κ1) is 86.5. The van der Waals surface area contributed by atoms with Crippen LogP contribution in [-0.2, 0) is 65.4 Å². The highest BCUT2D eigenvalue weighted by Crippen LogP contribution is 2.45. The fourth-order valence-corrected chi connectivity index (χ4v) is 11.7. The molecular formula is C70H132O17P2. The Labute approximate surface area is 542 Å². The molecule has 0 amide bonds. The van der Waals surface area contributed by atoms with E-state index in [9.17, 15) is 43.2 Å². The monoisotopic (exact) mass is 1310 g/mol. The number of hydrogen-bond acceptors (Lipinski definition) is 15. The van der Waals surface area contributed by atoms with Crippen LogP contribution in [0, 0.1) is 5.92 Å². The molecule has 0 fully saturated rings. The topological polar surface area (TPSA) is 237 Å². The Bertz CT molecular complexity index is 1810. The van der Waals surface area contributed by atoms with E-state index in [1.165, 1.54) is 148 Å². The van der Waals surface area contributed by atoms with Gasteiger partial charge >= 0.3 is 39.5 Å². The van der Waals surface area contributed by atoms with Gasteiger partial charge in [0.15, 0.2) is 12.2 Å². The lowest BCUT2D eigenvalue weighted by molar-refractivity contribution is -0.161. The van der Waals surface area contributed by atoms with Gasteiger partial charge in [-0.05, 0) is 57.3 Å². The third-order valence-electron chi connectivity index (χ3n) is 15.7. The van der Waals surface area contributed by atoms with Crippen LogP contribution in [0.3, 0.4) is 0 Å². The lowest BCUT2D eigenvalue weighted by Gasteiger charge is -2.21. The molecule has 3 N–H and O–H groups in total. The normalized spacial score (nSPS) is 14.3. The maximum Gasteiger partial charge on any atom is 0.472 e. The number of aliphatic hydroxyl groups excluding tert-OH is 1. The largest absolute Gasteiger partial charge is 0.472 e. The smallest absolute Gasteiger partial charge is 0.462 e.